The summed E-state index contributed by atoms with van der Waals surface area (Å²) in [7, 11) is 5.68. The van der Waals surface area contributed by atoms with Gasteiger partial charge in [-0.25, -0.2) is 4.57 Å². The molecule has 0 aliphatic rings. The molecular formula is C15H19N6+. The van der Waals surface area contributed by atoms with E-state index >= 15 is 0 Å². The number of anilines is 1. The summed E-state index contributed by atoms with van der Waals surface area (Å²) in [5.74, 6) is 3.31. The van der Waals surface area contributed by atoms with Crippen molar-refractivity contribution >= 4 is 17.3 Å². The Hall–Kier alpha value is -2.68. The van der Waals surface area contributed by atoms with Gasteiger partial charge in [0, 0.05) is 17.8 Å². The van der Waals surface area contributed by atoms with Crippen LogP contribution < -0.4 is 9.47 Å². The number of hydrogen-bond acceptors (Lipinski definition) is 4. The van der Waals surface area contributed by atoms with Crippen LogP contribution in [0.5, 0.6) is 0 Å². The van der Waals surface area contributed by atoms with Gasteiger partial charge in [0.15, 0.2) is 0 Å². The minimum absolute atomic E-state index is 0.575. The molecule has 6 heteroatoms. The zero-order chi connectivity index (χ0) is 15.4. The van der Waals surface area contributed by atoms with Gasteiger partial charge < -0.3 is 4.90 Å². The second kappa shape index (κ2) is 6.18. The average Bonchev–Trinajstić information content (AvgIpc) is 2.77. The van der Waals surface area contributed by atoms with Crippen molar-refractivity contribution in [1.29, 1.82) is 0 Å². The maximum Gasteiger partial charge on any atom is 0.403 e. The summed E-state index contributed by atoms with van der Waals surface area (Å²) in [4.78, 5) is 2.01. The Morgan fingerprint density at radius 2 is 2.19 bits per heavy atom. The van der Waals surface area contributed by atoms with Crippen LogP contribution in [0.3, 0.4) is 0 Å². The molecule has 1 aromatic heterocycles. The standard InChI is InChI=1S/C15H19N6/c1-6-9-19(3)13-7-8-14(12(2)10-13)17-18-15-20(4)11-16-21(15)5/h1,7-8,10-11H,9H2,2-5H3/q+1. The molecule has 0 radical (unpaired) electrons. The van der Waals surface area contributed by atoms with Gasteiger partial charge in [-0.3, -0.25) is 0 Å². The summed E-state index contributed by atoms with van der Waals surface area (Å²) in [6.07, 6.45) is 7.02. The summed E-state index contributed by atoms with van der Waals surface area (Å²) in [5.41, 5.74) is 2.94. The molecule has 0 saturated carbocycles. The highest BCUT2D eigenvalue weighted by atomic mass is 15.4. The van der Waals surface area contributed by atoms with Crippen LogP contribution in [-0.4, -0.2) is 23.4 Å². The van der Waals surface area contributed by atoms with Gasteiger partial charge >= 0.3 is 5.95 Å². The van der Waals surface area contributed by atoms with Crippen molar-refractivity contribution in [2.75, 3.05) is 18.5 Å². The lowest BCUT2D eigenvalue weighted by Crippen LogP contribution is -2.25. The Morgan fingerprint density at radius 1 is 1.43 bits per heavy atom. The summed E-state index contributed by atoms with van der Waals surface area (Å²) in [6.45, 7) is 2.58. The van der Waals surface area contributed by atoms with E-state index in [0.717, 1.165) is 16.9 Å². The predicted octanol–water partition coefficient (Wildman–Crippen LogP) is 2.04. The van der Waals surface area contributed by atoms with Crippen LogP contribution in [0, 0.1) is 19.3 Å². The first-order valence-electron chi connectivity index (χ1n) is 6.57. The zero-order valence-corrected chi connectivity index (χ0v) is 12.8. The Bertz CT molecular complexity index is 688. The molecule has 0 bridgehead atoms. The zero-order valence-electron chi connectivity index (χ0n) is 12.8. The molecule has 108 valence electrons. The monoisotopic (exact) mass is 283 g/mol. The smallest absolute Gasteiger partial charge is 0.363 e. The number of aromatic nitrogens is 3. The summed E-state index contributed by atoms with van der Waals surface area (Å²) in [5, 5.41) is 12.7. The Morgan fingerprint density at radius 3 is 2.76 bits per heavy atom. The first-order valence-corrected chi connectivity index (χ1v) is 6.57. The number of nitrogens with zero attached hydrogens (tertiary/aromatic N) is 6. The molecule has 0 aliphatic carbocycles. The molecule has 0 fully saturated rings. The number of rotatable bonds is 4. The molecule has 1 aromatic carbocycles. The van der Waals surface area contributed by atoms with E-state index in [0.29, 0.717) is 12.5 Å². The third kappa shape index (κ3) is 3.26. The van der Waals surface area contributed by atoms with Crippen LogP contribution in [0.25, 0.3) is 0 Å². The van der Waals surface area contributed by atoms with E-state index in [-0.39, 0.29) is 0 Å². The molecule has 0 atom stereocenters. The largest absolute Gasteiger partial charge is 0.403 e. The molecule has 0 aliphatic heterocycles. The van der Waals surface area contributed by atoms with E-state index in [1.807, 2.05) is 49.7 Å². The molecule has 0 spiro atoms. The molecule has 1 heterocycles. The van der Waals surface area contributed by atoms with Gasteiger partial charge in [-0.1, -0.05) is 11.0 Å². The van der Waals surface area contributed by atoms with E-state index in [1.165, 1.54) is 0 Å². The highest BCUT2D eigenvalue weighted by Crippen LogP contribution is 2.25. The fraction of sp³-hybridized carbons (Fsp3) is 0.333. The molecule has 0 amide bonds. The van der Waals surface area contributed by atoms with Crippen molar-refractivity contribution in [1.82, 2.24) is 9.78 Å². The van der Waals surface area contributed by atoms with Crippen molar-refractivity contribution in [2.45, 2.75) is 6.92 Å². The van der Waals surface area contributed by atoms with Crippen molar-refractivity contribution in [3.63, 3.8) is 0 Å². The third-order valence-electron chi connectivity index (χ3n) is 3.20. The topological polar surface area (TPSA) is 49.7 Å². The van der Waals surface area contributed by atoms with Gasteiger partial charge in [0.1, 0.15) is 5.69 Å². The first kappa shape index (κ1) is 14.7. The number of hydrogen-bond donors (Lipinski definition) is 0. The van der Waals surface area contributed by atoms with Crippen LogP contribution in [0.4, 0.5) is 17.3 Å². The summed E-state index contributed by atoms with van der Waals surface area (Å²) >= 11 is 0. The highest BCUT2D eigenvalue weighted by Gasteiger charge is 2.11. The van der Waals surface area contributed by atoms with Gasteiger partial charge in [-0.2, -0.15) is 0 Å². The number of aryl methyl sites for hydroxylation is 3. The van der Waals surface area contributed by atoms with E-state index in [4.69, 9.17) is 6.42 Å². The molecule has 2 aromatic rings. The second-order valence-electron chi connectivity index (χ2n) is 4.90. The average molecular weight is 283 g/mol. The Balaban J connectivity index is 2.24. The van der Waals surface area contributed by atoms with Crippen molar-refractivity contribution in [3.8, 4) is 12.3 Å². The molecule has 0 unspecified atom stereocenters. The fourth-order valence-electron chi connectivity index (χ4n) is 1.94. The fourth-order valence-corrected chi connectivity index (χ4v) is 1.94. The molecule has 21 heavy (non-hydrogen) atoms. The van der Waals surface area contributed by atoms with E-state index in [1.54, 1.807) is 11.0 Å². The van der Waals surface area contributed by atoms with Crippen LogP contribution in [0.1, 0.15) is 5.56 Å². The van der Waals surface area contributed by atoms with Crippen molar-refractivity contribution in [3.05, 3.63) is 30.1 Å². The van der Waals surface area contributed by atoms with Gasteiger partial charge in [0.2, 0.25) is 6.33 Å². The maximum atomic E-state index is 5.33. The van der Waals surface area contributed by atoms with E-state index in [9.17, 15) is 0 Å². The summed E-state index contributed by atoms with van der Waals surface area (Å²) in [6, 6.07) is 5.98. The van der Waals surface area contributed by atoms with Gasteiger partial charge in [-0.15, -0.1) is 11.1 Å². The highest BCUT2D eigenvalue weighted by molar-refractivity contribution is 5.57. The summed E-state index contributed by atoms with van der Waals surface area (Å²) < 4.78 is 3.49. The van der Waals surface area contributed by atoms with E-state index in [2.05, 4.69) is 27.3 Å². The van der Waals surface area contributed by atoms with Crippen molar-refractivity contribution in [2.24, 2.45) is 24.3 Å². The quantitative estimate of drug-likeness (QED) is 0.490. The minimum atomic E-state index is 0.575. The van der Waals surface area contributed by atoms with Gasteiger partial charge in [0.25, 0.3) is 0 Å². The second-order valence-corrected chi connectivity index (χ2v) is 4.90. The molecule has 0 saturated heterocycles. The Kier molecular flexibility index (Phi) is 4.33. The molecule has 2 rings (SSSR count). The predicted molar refractivity (Wildman–Crippen MR) is 81.8 cm³/mol. The third-order valence-corrected chi connectivity index (χ3v) is 3.20. The lowest BCUT2D eigenvalue weighted by atomic mass is 10.1. The first-order chi connectivity index (χ1) is 10.0. The van der Waals surface area contributed by atoms with E-state index < -0.39 is 0 Å². The SMILES string of the molecule is C#CCN(C)c1ccc(N=Nc2n(C)nc[n+]2C)c(C)c1. The Labute approximate surface area is 124 Å². The molecule has 6 nitrogen and oxygen atoms in total. The molecule has 0 N–H and O–H groups in total. The molecular weight excluding hydrogens is 264 g/mol. The number of terminal acetylenes is 1. The van der Waals surface area contributed by atoms with Gasteiger partial charge in [-0.05, 0) is 35.8 Å². The number of benzene rings is 1. The van der Waals surface area contributed by atoms with Crippen LogP contribution in [-0.2, 0) is 14.1 Å². The van der Waals surface area contributed by atoms with Crippen LogP contribution in [0.15, 0.2) is 34.8 Å². The number of azo groups is 1. The lowest BCUT2D eigenvalue weighted by molar-refractivity contribution is -0.659. The van der Waals surface area contributed by atoms with Crippen LogP contribution >= 0.6 is 0 Å². The van der Waals surface area contributed by atoms with Gasteiger partial charge in [0.05, 0.1) is 20.6 Å². The van der Waals surface area contributed by atoms with Crippen molar-refractivity contribution < 1.29 is 4.57 Å². The minimum Gasteiger partial charge on any atom is -0.363 e. The maximum absolute atomic E-state index is 5.33. The normalized spacial score (nSPS) is 10.8. The lowest BCUT2D eigenvalue weighted by Gasteiger charge is -2.16. The van der Waals surface area contributed by atoms with Crippen LogP contribution in [0.2, 0.25) is 0 Å².